The van der Waals surface area contributed by atoms with Crippen LogP contribution in [0.1, 0.15) is 10.4 Å². The number of methoxy groups -OCH3 is 1. The highest BCUT2D eigenvalue weighted by Gasteiger charge is 2.10. The number of allylic oxidation sites excluding steroid dienone is 1. The maximum atomic E-state index is 11.4. The predicted molar refractivity (Wildman–Crippen MR) is 53.5 cm³/mol. The minimum Gasteiger partial charge on any atom is -0.502 e. The number of benzene rings is 1. The van der Waals surface area contributed by atoms with Crippen LogP contribution in [0.2, 0.25) is 0 Å². The first kappa shape index (κ1) is 11.0. The lowest BCUT2D eigenvalue weighted by Gasteiger charge is -1.97. The number of aliphatic hydroxyl groups is 1. The summed E-state index contributed by atoms with van der Waals surface area (Å²) in [6.07, 6.45) is 0.834. The van der Waals surface area contributed by atoms with Gasteiger partial charge >= 0.3 is 5.97 Å². The summed E-state index contributed by atoms with van der Waals surface area (Å²) >= 11 is 0. The summed E-state index contributed by atoms with van der Waals surface area (Å²) in [7, 11) is 1.12. The van der Waals surface area contributed by atoms with Crippen molar-refractivity contribution in [2.45, 2.75) is 0 Å². The van der Waals surface area contributed by atoms with Crippen molar-refractivity contribution in [2.75, 3.05) is 7.11 Å². The molecule has 0 saturated heterocycles. The molecule has 4 nitrogen and oxygen atoms in total. The molecule has 0 heterocycles. The molecule has 78 valence electrons. The minimum absolute atomic E-state index is 0.396. The van der Waals surface area contributed by atoms with E-state index in [0.717, 1.165) is 13.2 Å². The number of hydrogen-bond acceptors (Lipinski definition) is 4. The van der Waals surface area contributed by atoms with Gasteiger partial charge in [0.15, 0.2) is 5.78 Å². The third kappa shape index (κ3) is 2.95. The van der Waals surface area contributed by atoms with Gasteiger partial charge in [-0.3, -0.25) is 4.79 Å². The zero-order valence-electron chi connectivity index (χ0n) is 8.14. The van der Waals surface area contributed by atoms with Crippen molar-refractivity contribution < 1.29 is 19.4 Å². The van der Waals surface area contributed by atoms with Crippen molar-refractivity contribution in [3.8, 4) is 0 Å². The van der Waals surface area contributed by atoms with Gasteiger partial charge in [-0.25, -0.2) is 4.79 Å². The molecule has 1 N–H and O–H groups in total. The Kier molecular flexibility index (Phi) is 3.62. The van der Waals surface area contributed by atoms with E-state index in [2.05, 4.69) is 4.74 Å². The zero-order chi connectivity index (χ0) is 11.3. The molecule has 0 bridgehead atoms. The summed E-state index contributed by atoms with van der Waals surface area (Å²) in [5.41, 5.74) is 0.396. The SMILES string of the molecule is COC(=O)/C(O)=C/C(=O)c1ccccc1. The van der Waals surface area contributed by atoms with Gasteiger partial charge in [-0.1, -0.05) is 30.3 Å². The smallest absolute Gasteiger partial charge is 0.373 e. The number of esters is 1. The highest BCUT2D eigenvalue weighted by Crippen LogP contribution is 2.03. The van der Waals surface area contributed by atoms with Crippen molar-refractivity contribution in [3.05, 3.63) is 47.7 Å². The second-order valence-corrected chi connectivity index (χ2v) is 2.75. The summed E-state index contributed by atoms with van der Waals surface area (Å²) in [6, 6.07) is 8.32. The van der Waals surface area contributed by atoms with E-state index in [0.29, 0.717) is 5.56 Å². The maximum Gasteiger partial charge on any atom is 0.373 e. The molecule has 0 aromatic heterocycles. The topological polar surface area (TPSA) is 63.6 Å². The molecule has 4 heteroatoms. The molecule has 0 aliphatic rings. The Morgan fingerprint density at radius 3 is 2.40 bits per heavy atom. The Morgan fingerprint density at radius 1 is 1.27 bits per heavy atom. The molecular formula is C11H10O4. The van der Waals surface area contributed by atoms with E-state index in [1.807, 2.05) is 0 Å². The zero-order valence-corrected chi connectivity index (χ0v) is 8.14. The number of aliphatic hydroxyl groups excluding tert-OH is 1. The van der Waals surface area contributed by atoms with Crippen molar-refractivity contribution in [2.24, 2.45) is 0 Å². The second kappa shape index (κ2) is 4.95. The summed E-state index contributed by atoms with van der Waals surface area (Å²) in [5.74, 6) is -2.08. The lowest BCUT2D eigenvalue weighted by molar-refractivity contribution is -0.139. The van der Waals surface area contributed by atoms with Crippen molar-refractivity contribution in [1.29, 1.82) is 0 Å². The third-order valence-electron chi connectivity index (χ3n) is 1.72. The molecule has 0 radical (unpaired) electrons. The Morgan fingerprint density at radius 2 is 1.87 bits per heavy atom. The predicted octanol–water partition coefficient (Wildman–Crippen LogP) is 1.48. The van der Waals surface area contributed by atoms with E-state index >= 15 is 0 Å². The number of carbonyl (C=O) groups excluding carboxylic acids is 2. The third-order valence-corrected chi connectivity index (χ3v) is 1.72. The largest absolute Gasteiger partial charge is 0.502 e. The van der Waals surface area contributed by atoms with Crippen LogP contribution in [0.4, 0.5) is 0 Å². The van der Waals surface area contributed by atoms with Crippen LogP contribution in [0.3, 0.4) is 0 Å². The van der Waals surface area contributed by atoms with Gasteiger partial charge in [0.1, 0.15) is 0 Å². The van der Waals surface area contributed by atoms with Crippen LogP contribution >= 0.6 is 0 Å². The van der Waals surface area contributed by atoms with Gasteiger partial charge in [0.2, 0.25) is 5.76 Å². The van der Waals surface area contributed by atoms with Gasteiger partial charge in [0.25, 0.3) is 0 Å². The number of hydrogen-bond donors (Lipinski definition) is 1. The molecule has 0 aliphatic heterocycles. The van der Waals surface area contributed by atoms with E-state index in [-0.39, 0.29) is 0 Å². The lowest BCUT2D eigenvalue weighted by atomic mass is 10.1. The van der Waals surface area contributed by atoms with Crippen LogP contribution in [0, 0.1) is 0 Å². The Balaban J connectivity index is 2.84. The summed E-state index contributed by atoms with van der Waals surface area (Å²) in [6.45, 7) is 0. The molecule has 1 aromatic rings. The molecule has 1 rings (SSSR count). The first-order chi connectivity index (χ1) is 7.15. The molecular weight excluding hydrogens is 196 g/mol. The van der Waals surface area contributed by atoms with Crippen molar-refractivity contribution in [1.82, 2.24) is 0 Å². The second-order valence-electron chi connectivity index (χ2n) is 2.75. The van der Waals surface area contributed by atoms with Crippen LogP contribution < -0.4 is 0 Å². The fraction of sp³-hybridized carbons (Fsp3) is 0.0909. The summed E-state index contributed by atoms with van der Waals surface area (Å²) in [5, 5.41) is 9.12. The van der Waals surface area contributed by atoms with Gasteiger partial charge in [0, 0.05) is 11.6 Å². The lowest BCUT2D eigenvalue weighted by Crippen LogP contribution is -2.06. The molecule has 15 heavy (non-hydrogen) atoms. The van der Waals surface area contributed by atoms with Crippen LogP contribution in [0.15, 0.2) is 42.2 Å². The average Bonchev–Trinajstić information content (AvgIpc) is 2.29. The van der Waals surface area contributed by atoms with Crippen LogP contribution in [-0.4, -0.2) is 24.0 Å². The van der Waals surface area contributed by atoms with E-state index in [1.54, 1.807) is 30.3 Å². The molecule has 0 amide bonds. The minimum atomic E-state index is -0.931. The average molecular weight is 206 g/mol. The molecule has 0 spiro atoms. The number of rotatable bonds is 3. The normalized spacial score (nSPS) is 10.9. The highest BCUT2D eigenvalue weighted by atomic mass is 16.5. The van der Waals surface area contributed by atoms with Gasteiger partial charge < -0.3 is 9.84 Å². The Labute approximate surface area is 86.8 Å². The van der Waals surface area contributed by atoms with Gasteiger partial charge in [-0.05, 0) is 0 Å². The van der Waals surface area contributed by atoms with Crippen molar-refractivity contribution in [3.63, 3.8) is 0 Å². The summed E-state index contributed by atoms with van der Waals surface area (Å²) in [4.78, 5) is 22.2. The van der Waals surface area contributed by atoms with Crippen LogP contribution in [-0.2, 0) is 9.53 Å². The molecule has 0 fully saturated rings. The maximum absolute atomic E-state index is 11.4. The fourth-order valence-electron chi connectivity index (χ4n) is 0.973. The Bertz CT molecular complexity index is 392. The van der Waals surface area contributed by atoms with Crippen molar-refractivity contribution >= 4 is 11.8 Å². The van der Waals surface area contributed by atoms with Crippen LogP contribution in [0.5, 0.6) is 0 Å². The highest BCUT2D eigenvalue weighted by molar-refractivity contribution is 6.07. The number of carbonyl (C=O) groups is 2. The van der Waals surface area contributed by atoms with E-state index < -0.39 is 17.5 Å². The first-order valence-electron chi connectivity index (χ1n) is 4.23. The Hall–Kier alpha value is -2.10. The quantitative estimate of drug-likeness (QED) is 0.352. The number of ketones is 1. The van der Waals surface area contributed by atoms with E-state index in [1.165, 1.54) is 0 Å². The van der Waals surface area contributed by atoms with Gasteiger partial charge in [-0.15, -0.1) is 0 Å². The fourth-order valence-corrected chi connectivity index (χ4v) is 0.973. The monoisotopic (exact) mass is 206 g/mol. The molecule has 0 atom stereocenters. The van der Waals surface area contributed by atoms with Gasteiger partial charge in [-0.2, -0.15) is 0 Å². The number of ether oxygens (including phenoxy) is 1. The standard InChI is InChI=1S/C11H10O4/c1-15-11(14)10(13)7-9(12)8-5-3-2-4-6-8/h2-7,13H,1H3/b10-7-. The van der Waals surface area contributed by atoms with E-state index in [4.69, 9.17) is 5.11 Å². The van der Waals surface area contributed by atoms with E-state index in [9.17, 15) is 9.59 Å². The first-order valence-corrected chi connectivity index (χ1v) is 4.23. The molecule has 0 aliphatic carbocycles. The molecule has 0 saturated carbocycles. The molecule has 1 aromatic carbocycles. The van der Waals surface area contributed by atoms with Crippen LogP contribution in [0.25, 0.3) is 0 Å². The molecule has 0 unspecified atom stereocenters. The van der Waals surface area contributed by atoms with Gasteiger partial charge in [0.05, 0.1) is 7.11 Å². The summed E-state index contributed by atoms with van der Waals surface area (Å²) < 4.78 is 4.24.